The number of anilines is 2. The number of nitrogens with two attached hydrogens (primary N) is 1. The van der Waals surface area contributed by atoms with E-state index in [1.165, 1.54) is 0 Å². The third kappa shape index (κ3) is 3.67. The molecule has 0 aliphatic carbocycles. The maximum Gasteiger partial charge on any atom is 0.224 e. The Morgan fingerprint density at radius 3 is 2.69 bits per heavy atom. The second kappa shape index (κ2) is 5.67. The van der Waals surface area contributed by atoms with Crippen LogP contribution in [0.2, 0.25) is 5.02 Å². The molecule has 0 saturated carbocycles. The fourth-order valence-corrected chi connectivity index (χ4v) is 1.42. The largest absolute Gasteiger partial charge is 0.376 e. The van der Waals surface area contributed by atoms with Crippen molar-refractivity contribution < 1.29 is 4.79 Å². The molecule has 4 nitrogen and oxygen atoms in total. The van der Waals surface area contributed by atoms with Crippen molar-refractivity contribution in [3.05, 3.63) is 23.2 Å². The van der Waals surface area contributed by atoms with Gasteiger partial charge in [0.1, 0.15) is 0 Å². The molecular formula is C10H12ClN3OS. The Kier molecular flexibility index (Phi) is 4.52. The molecular weight excluding hydrogens is 246 g/mol. The smallest absolute Gasteiger partial charge is 0.224 e. The van der Waals surface area contributed by atoms with Gasteiger partial charge >= 0.3 is 0 Å². The molecule has 0 heterocycles. The second-order valence-corrected chi connectivity index (χ2v) is 3.93. The van der Waals surface area contributed by atoms with E-state index in [-0.39, 0.29) is 11.0 Å². The van der Waals surface area contributed by atoms with Crippen LogP contribution in [0.1, 0.15) is 13.3 Å². The van der Waals surface area contributed by atoms with E-state index in [0.29, 0.717) is 22.8 Å². The van der Waals surface area contributed by atoms with Crippen LogP contribution in [0.25, 0.3) is 0 Å². The summed E-state index contributed by atoms with van der Waals surface area (Å²) in [6, 6.07) is 5.07. The van der Waals surface area contributed by atoms with E-state index in [1.54, 1.807) is 25.1 Å². The van der Waals surface area contributed by atoms with Crippen LogP contribution < -0.4 is 16.4 Å². The number of nitrogens with one attached hydrogen (secondary N) is 2. The molecule has 4 N–H and O–H groups in total. The summed E-state index contributed by atoms with van der Waals surface area (Å²) >= 11 is 10.7. The predicted molar refractivity (Wildman–Crippen MR) is 70.8 cm³/mol. The summed E-state index contributed by atoms with van der Waals surface area (Å²) in [5.74, 6) is -0.0862. The minimum atomic E-state index is -0.0862. The molecule has 16 heavy (non-hydrogen) atoms. The number of benzene rings is 1. The maximum absolute atomic E-state index is 11.2. The number of halogens is 1. The molecule has 6 heteroatoms. The Hall–Kier alpha value is -1.33. The molecule has 0 bridgehead atoms. The first-order valence-corrected chi connectivity index (χ1v) is 5.47. The van der Waals surface area contributed by atoms with E-state index in [9.17, 15) is 4.79 Å². The Morgan fingerprint density at radius 2 is 2.19 bits per heavy atom. The molecule has 0 radical (unpaired) electrons. The van der Waals surface area contributed by atoms with Gasteiger partial charge in [0.25, 0.3) is 0 Å². The van der Waals surface area contributed by atoms with E-state index in [4.69, 9.17) is 29.6 Å². The SMILES string of the molecule is CCC(=O)Nc1ccc(NC(N)=S)cc1Cl. The van der Waals surface area contributed by atoms with Crippen LogP contribution in [-0.2, 0) is 4.79 Å². The molecule has 0 aliphatic heterocycles. The monoisotopic (exact) mass is 257 g/mol. The van der Waals surface area contributed by atoms with Gasteiger partial charge in [-0.15, -0.1) is 0 Å². The number of thiocarbonyl (C=S) groups is 1. The first-order chi connectivity index (χ1) is 7.52. The summed E-state index contributed by atoms with van der Waals surface area (Å²) in [7, 11) is 0. The highest BCUT2D eigenvalue weighted by Crippen LogP contribution is 2.25. The Balaban J connectivity index is 2.83. The normalized spacial score (nSPS) is 9.62. The zero-order valence-electron chi connectivity index (χ0n) is 8.71. The summed E-state index contributed by atoms with van der Waals surface area (Å²) in [6.07, 6.45) is 0.406. The van der Waals surface area contributed by atoms with Gasteiger partial charge in [-0.3, -0.25) is 4.79 Å². The Bertz CT molecular complexity index is 423. The van der Waals surface area contributed by atoms with Gasteiger partial charge in [0.2, 0.25) is 5.91 Å². The van der Waals surface area contributed by atoms with Crippen molar-refractivity contribution in [1.82, 2.24) is 0 Å². The van der Waals surface area contributed by atoms with Gasteiger partial charge in [-0.05, 0) is 30.4 Å². The summed E-state index contributed by atoms with van der Waals surface area (Å²) in [6.45, 7) is 1.77. The summed E-state index contributed by atoms with van der Waals surface area (Å²) in [5.41, 5.74) is 6.58. The molecule has 1 aromatic rings. The molecule has 0 atom stereocenters. The minimum absolute atomic E-state index is 0.0862. The lowest BCUT2D eigenvalue weighted by atomic mass is 10.2. The number of amides is 1. The van der Waals surface area contributed by atoms with E-state index >= 15 is 0 Å². The van der Waals surface area contributed by atoms with E-state index < -0.39 is 0 Å². The number of rotatable bonds is 3. The van der Waals surface area contributed by atoms with Crippen molar-refractivity contribution in [2.45, 2.75) is 13.3 Å². The fourth-order valence-electron chi connectivity index (χ4n) is 1.08. The summed E-state index contributed by atoms with van der Waals surface area (Å²) < 4.78 is 0. The Morgan fingerprint density at radius 1 is 1.50 bits per heavy atom. The molecule has 0 aromatic heterocycles. The van der Waals surface area contributed by atoms with Gasteiger partial charge in [0.15, 0.2) is 5.11 Å². The molecule has 1 rings (SSSR count). The lowest BCUT2D eigenvalue weighted by molar-refractivity contribution is -0.115. The third-order valence-electron chi connectivity index (χ3n) is 1.83. The molecule has 1 aromatic carbocycles. The summed E-state index contributed by atoms with van der Waals surface area (Å²) in [5, 5.41) is 6.03. The van der Waals surface area contributed by atoms with Crippen LogP contribution >= 0.6 is 23.8 Å². The van der Waals surface area contributed by atoms with Gasteiger partial charge in [-0.1, -0.05) is 18.5 Å². The van der Waals surface area contributed by atoms with Gasteiger partial charge in [-0.25, -0.2) is 0 Å². The number of carbonyl (C=O) groups excluding carboxylic acids is 1. The molecule has 0 unspecified atom stereocenters. The average Bonchev–Trinajstić information content (AvgIpc) is 2.21. The zero-order chi connectivity index (χ0) is 12.1. The number of hydrogen-bond acceptors (Lipinski definition) is 2. The molecule has 0 fully saturated rings. The highest BCUT2D eigenvalue weighted by atomic mass is 35.5. The first-order valence-electron chi connectivity index (χ1n) is 4.68. The van der Waals surface area contributed by atoms with Crippen LogP contribution in [0.4, 0.5) is 11.4 Å². The van der Waals surface area contributed by atoms with Gasteiger partial charge in [-0.2, -0.15) is 0 Å². The minimum Gasteiger partial charge on any atom is -0.376 e. The van der Waals surface area contributed by atoms with Crippen molar-refractivity contribution in [2.75, 3.05) is 10.6 Å². The predicted octanol–water partition coefficient (Wildman–Crippen LogP) is 2.34. The van der Waals surface area contributed by atoms with Gasteiger partial charge in [0.05, 0.1) is 10.7 Å². The highest BCUT2D eigenvalue weighted by Gasteiger charge is 2.05. The van der Waals surface area contributed by atoms with Crippen molar-refractivity contribution in [3.63, 3.8) is 0 Å². The van der Waals surface area contributed by atoms with Crippen molar-refractivity contribution in [3.8, 4) is 0 Å². The average molecular weight is 258 g/mol. The number of carbonyl (C=O) groups is 1. The molecule has 0 saturated heterocycles. The lowest BCUT2D eigenvalue weighted by Gasteiger charge is -2.09. The maximum atomic E-state index is 11.2. The molecule has 0 aliphatic rings. The zero-order valence-corrected chi connectivity index (χ0v) is 10.3. The lowest BCUT2D eigenvalue weighted by Crippen LogP contribution is -2.19. The van der Waals surface area contributed by atoms with Crippen LogP contribution in [0.15, 0.2) is 18.2 Å². The second-order valence-electron chi connectivity index (χ2n) is 3.09. The van der Waals surface area contributed by atoms with E-state index in [1.807, 2.05) is 0 Å². The fraction of sp³-hybridized carbons (Fsp3) is 0.200. The van der Waals surface area contributed by atoms with Crippen molar-refractivity contribution in [2.24, 2.45) is 5.73 Å². The van der Waals surface area contributed by atoms with Crippen molar-refractivity contribution in [1.29, 1.82) is 0 Å². The third-order valence-corrected chi connectivity index (χ3v) is 2.25. The topological polar surface area (TPSA) is 67.2 Å². The van der Waals surface area contributed by atoms with Crippen LogP contribution in [0.3, 0.4) is 0 Å². The molecule has 0 spiro atoms. The standard InChI is InChI=1S/C10H12ClN3OS/c1-2-9(15)14-8-4-3-6(5-7(8)11)13-10(12)16/h3-5H,2H2,1H3,(H,14,15)(H3,12,13,16). The summed E-state index contributed by atoms with van der Waals surface area (Å²) in [4.78, 5) is 11.2. The van der Waals surface area contributed by atoms with Crippen molar-refractivity contribution >= 4 is 46.2 Å². The van der Waals surface area contributed by atoms with Crippen LogP contribution in [0, 0.1) is 0 Å². The quantitative estimate of drug-likeness (QED) is 0.727. The van der Waals surface area contributed by atoms with Crippen LogP contribution in [0.5, 0.6) is 0 Å². The van der Waals surface area contributed by atoms with Gasteiger partial charge in [0, 0.05) is 12.1 Å². The van der Waals surface area contributed by atoms with E-state index in [2.05, 4.69) is 10.6 Å². The van der Waals surface area contributed by atoms with E-state index in [0.717, 1.165) is 0 Å². The Labute approximate surface area is 104 Å². The number of hydrogen-bond donors (Lipinski definition) is 3. The molecule has 86 valence electrons. The highest BCUT2D eigenvalue weighted by molar-refractivity contribution is 7.80. The van der Waals surface area contributed by atoms with Gasteiger partial charge < -0.3 is 16.4 Å². The molecule has 1 amide bonds. The van der Waals surface area contributed by atoms with Crippen LogP contribution in [-0.4, -0.2) is 11.0 Å². The first kappa shape index (κ1) is 12.7.